The number of hydrogen-bond acceptors (Lipinski definition) is 6. The van der Waals surface area contributed by atoms with Crippen LogP contribution in [0.15, 0.2) is 18.2 Å². The van der Waals surface area contributed by atoms with Crippen LogP contribution >= 0.6 is 0 Å². The first-order chi connectivity index (χ1) is 14.1. The Bertz CT molecular complexity index is 812. The molecule has 2 unspecified atom stereocenters. The van der Waals surface area contributed by atoms with Crippen LogP contribution in [0.2, 0.25) is 0 Å². The number of carbonyl (C=O) groups excluding carboxylic acids is 3. The largest absolute Gasteiger partial charge is 0.377 e. The van der Waals surface area contributed by atoms with E-state index in [4.69, 9.17) is 10.5 Å². The van der Waals surface area contributed by atoms with E-state index in [9.17, 15) is 14.4 Å². The van der Waals surface area contributed by atoms with E-state index in [1.807, 2.05) is 18.2 Å². The molecule has 3 N–H and O–H groups in total. The quantitative estimate of drug-likeness (QED) is 0.693. The zero-order valence-electron chi connectivity index (χ0n) is 16.6. The number of benzene rings is 1. The highest BCUT2D eigenvalue weighted by Crippen LogP contribution is 2.30. The van der Waals surface area contributed by atoms with Crippen molar-refractivity contribution in [3.63, 3.8) is 0 Å². The molecule has 2 saturated heterocycles. The summed E-state index contributed by atoms with van der Waals surface area (Å²) in [5, 5.41) is 2.35. The summed E-state index contributed by atoms with van der Waals surface area (Å²) in [6, 6.07) is 5.34. The van der Waals surface area contributed by atoms with E-state index in [1.165, 1.54) is 0 Å². The van der Waals surface area contributed by atoms with E-state index < -0.39 is 6.04 Å². The molecular formula is C21H28N4O4. The summed E-state index contributed by atoms with van der Waals surface area (Å²) in [7, 11) is 0. The van der Waals surface area contributed by atoms with Crippen molar-refractivity contribution in [1.82, 2.24) is 15.1 Å². The molecule has 8 heteroatoms. The molecule has 0 spiro atoms. The number of ether oxygens (including phenoxy) is 1. The third-order valence-corrected chi connectivity index (χ3v) is 5.96. The smallest absolute Gasteiger partial charge is 0.255 e. The summed E-state index contributed by atoms with van der Waals surface area (Å²) >= 11 is 0. The van der Waals surface area contributed by atoms with Crippen molar-refractivity contribution in [3.05, 3.63) is 34.9 Å². The van der Waals surface area contributed by atoms with Gasteiger partial charge in [-0.15, -0.1) is 0 Å². The van der Waals surface area contributed by atoms with E-state index in [0.717, 1.165) is 43.7 Å². The summed E-state index contributed by atoms with van der Waals surface area (Å²) in [5.74, 6) is -0.764. The molecule has 1 aromatic rings. The van der Waals surface area contributed by atoms with Gasteiger partial charge in [0.15, 0.2) is 0 Å². The van der Waals surface area contributed by atoms with Crippen LogP contribution in [0.5, 0.6) is 0 Å². The molecule has 3 aliphatic heterocycles. The fourth-order valence-corrected chi connectivity index (χ4v) is 4.54. The van der Waals surface area contributed by atoms with E-state index in [2.05, 4.69) is 10.2 Å². The molecule has 4 rings (SSSR count). The number of nitrogens with two attached hydrogens (primary N) is 1. The molecule has 2 atom stereocenters. The van der Waals surface area contributed by atoms with Gasteiger partial charge in [0, 0.05) is 44.8 Å². The predicted molar refractivity (Wildman–Crippen MR) is 106 cm³/mol. The maximum atomic E-state index is 13.2. The number of amides is 3. The Morgan fingerprint density at radius 3 is 2.90 bits per heavy atom. The highest BCUT2D eigenvalue weighted by Gasteiger charge is 2.40. The SMILES string of the molecule is NCCC1CN(Cc2cccc3c2C(=O)N(C2CCC(=O)NC2=O)C3)CCCO1. The standard InChI is InChI=1S/C21H28N4O4/c22-8-7-16-13-24(9-2-10-29-16)11-14-3-1-4-15-12-25(21(28)19(14)15)17-5-6-18(26)23-20(17)27/h1,3-4,16-17H,2,5-13,22H2,(H,23,26,27). The number of imide groups is 1. The first-order valence-corrected chi connectivity index (χ1v) is 10.4. The maximum Gasteiger partial charge on any atom is 0.255 e. The number of nitrogens with one attached hydrogen (secondary N) is 1. The third-order valence-electron chi connectivity index (χ3n) is 5.96. The summed E-state index contributed by atoms with van der Waals surface area (Å²) in [6.07, 6.45) is 2.54. The second-order valence-electron chi connectivity index (χ2n) is 8.01. The summed E-state index contributed by atoms with van der Waals surface area (Å²) < 4.78 is 5.87. The molecule has 0 aliphatic carbocycles. The number of rotatable bonds is 5. The van der Waals surface area contributed by atoms with Crippen LogP contribution in [0.25, 0.3) is 0 Å². The lowest BCUT2D eigenvalue weighted by atomic mass is 10.0. The summed E-state index contributed by atoms with van der Waals surface area (Å²) in [6.45, 7) is 4.12. The van der Waals surface area contributed by atoms with Gasteiger partial charge in [-0.1, -0.05) is 18.2 Å². The van der Waals surface area contributed by atoms with Crippen molar-refractivity contribution in [2.75, 3.05) is 26.2 Å². The van der Waals surface area contributed by atoms with Crippen molar-refractivity contribution in [1.29, 1.82) is 0 Å². The summed E-state index contributed by atoms with van der Waals surface area (Å²) in [4.78, 5) is 40.9. The van der Waals surface area contributed by atoms with Crippen LogP contribution in [-0.2, 0) is 27.4 Å². The van der Waals surface area contributed by atoms with Crippen LogP contribution in [0, 0.1) is 0 Å². The van der Waals surface area contributed by atoms with Gasteiger partial charge in [-0.3, -0.25) is 24.6 Å². The van der Waals surface area contributed by atoms with E-state index in [0.29, 0.717) is 31.6 Å². The van der Waals surface area contributed by atoms with Gasteiger partial charge >= 0.3 is 0 Å². The van der Waals surface area contributed by atoms with Crippen molar-refractivity contribution in [3.8, 4) is 0 Å². The van der Waals surface area contributed by atoms with Gasteiger partial charge in [-0.2, -0.15) is 0 Å². The van der Waals surface area contributed by atoms with E-state index in [-0.39, 0.29) is 30.2 Å². The lowest BCUT2D eigenvalue weighted by Crippen LogP contribution is -2.52. The Morgan fingerprint density at radius 1 is 1.24 bits per heavy atom. The lowest BCUT2D eigenvalue weighted by Gasteiger charge is -2.29. The van der Waals surface area contributed by atoms with Gasteiger partial charge in [0.1, 0.15) is 6.04 Å². The number of fused-ring (bicyclic) bond motifs is 1. The van der Waals surface area contributed by atoms with Gasteiger partial charge in [0.25, 0.3) is 5.91 Å². The number of carbonyl (C=O) groups is 3. The predicted octanol–water partition coefficient (Wildman–Crippen LogP) is 0.387. The van der Waals surface area contributed by atoms with E-state index >= 15 is 0 Å². The first kappa shape index (κ1) is 20.0. The van der Waals surface area contributed by atoms with Gasteiger partial charge in [-0.25, -0.2) is 0 Å². The molecule has 3 aliphatic rings. The molecule has 0 aromatic heterocycles. The van der Waals surface area contributed by atoms with Crippen LogP contribution < -0.4 is 11.1 Å². The van der Waals surface area contributed by atoms with Crippen LogP contribution in [0.1, 0.15) is 47.2 Å². The Kier molecular flexibility index (Phi) is 5.94. The molecule has 0 bridgehead atoms. The average molecular weight is 400 g/mol. The van der Waals surface area contributed by atoms with Gasteiger partial charge < -0.3 is 15.4 Å². The number of nitrogens with zero attached hydrogens (tertiary/aromatic N) is 2. The molecule has 0 saturated carbocycles. The fraction of sp³-hybridized carbons (Fsp3) is 0.571. The van der Waals surface area contributed by atoms with Crippen molar-refractivity contribution in [2.24, 2.45) is 5.73 Å². The minimum atomic E-state index is -0.582. The van der Waals surface area contributed by atoms with Gasteiger partial charge in [0.05, 0.1) is 6.10 Å². The molecule has 3 heterocycles. The van der Waals surface area contributed by atoms with Crippen molar-refractivity contribution < 1.29 is 19.1 Å². The second kappa shape index (κ2) is 8.61. The molecule has 1 aromatic carbocycles. The zero-order chi connectivity index (χ0) is 20.4. The normalized spacial score (nSPS) is 25.7. The molecule has 29 heavy (non-hydrogen) atoms. The number of piperidine rings is 1. The zero-order valence-corrected chi connectivity index (χ0v) is 16.6. The third kappa shape index (κ3) is 4.19. The van der Waals surface area contributed by atoms with Crippen molar-refractivity contribution in [2.45, 2.75) is 50.9 Å². The van der Waals surface area contributed by atoms with Gasteiger partial charge in [-0.05, 0) is 36.9 Å². The summed E-state index contributed by atoms with van der Waals surface area (Å²) in [5.41, 5.74) is 8.34. The molecule has 3 amide bonds. The monoisotopic (exact) mass is 400 g/mol. The van der Waals surface area contributed by atoms with E-state index in [1.54, 1.807) is 4.90 Å². The molecule has 156 valence electrons. The minimum absolute atomic E-state index is 0.116. The molecule has 2 fully saturated rings. The Morgan fingerprint density at radius 2 is 2.10 bits per heavy atom. The Labute approximate surface area is 170 Å². The highest BCUT2D eigenvalue weighted by atomic mass is 16.5. The van der Waals surface area contributed by atoms with Crippen LogP contribution in [0.4, 0.5) is 0 Å². The molecule has 0 radical (unpaired) electrons. The van der Waals surface area contributed by atoms with Crippen LogP contribution in [-0.4, -0.2) is 65.9 Å². The van der Waals surface area contributed by atoms with Crippen LogP contribution in [0.3, 0.4) is 0 Å². The molecular weight excluding hydrogens is 372 g/mol. The fourth-order valence-electron chi connectivity index (χ4n) is 4.54. The minimum Gasteiger partial charge on any atom is -0.377 e. The van der Waals surface area contributed by atoms with Gasteiger partial charge in [0.2, 0.25) is 11.8 Å². The lowest BCUT2D eigenvalue weighted by molar-refractivity contribution is -0.136. The second-order valence-corrected chi connectivity index (χ2v) is 8.01. The van der Waals surface area contributed by atoms with Crippen molar-refractivity contribution >= 4 is 17.7 Å². The first-order valence-electron chi connectivity index (χ1n) is 10.4. The topological polar surface area (TPSA) is 105 Å². The maximum absolute atomic E-state index is 13.2. The Hall–Kier alpha value is -2.29. The highest BCUT2D eigenvalue weighted by molar-refractivity contribution is 6.05. The average Bonchev–Trinajstić information content (AvgIpc) is 2.87. The Balaban J connectivity index is 1.51. The molecule has 8 nitrogen and oxygen atoms in total. The number of hydrogen-bond donors (Lipinski definition) is 2.